The van der Waals surface area contributed by atoms with E-state index in [1.807, 2.05) is 24.3 Å². The summed E-state index contributed by atoms with van der Waals surface area (Å²) in [4.78, 5) is 12.6. The average molecular weight is 320 g/mol. The Morgan fingerprint density at radius 3 is 2.96 bits per heavy atom. The van der Waals surface area contributed by atoms with Gasteiger partial charge in [-0.25, -0.2) is 10.9 Å². The van der Waals surface area contributed by atoms with E-state index in [2.05, 4.69) is 22.2 Å². The van der Waals surface area contributed by atoms with Crippen LogP contribution in [0, 0.1) is 17.2 Å². The van der Waals surface area contributed by atoms with E-state index < -0.39 is 6.04 Å². The third-order valence-corrected chi connectivity index (χ3v) is 4.48. The van der Waals surface area contributed by atoms with Gasteiger partial charge in [0.05, 0.1) is 24.3 Å². The summed E-state index contributed by atoms with van der Waals surface area (Å²) in [5.41, 5.74) is 8.47. The molecule has 3 unspecified atom stereocenters. The van der Waals surface area contributed by atoms with Gasteiger partial charge in [-0.05, 0) is 24.3 Å². The molecule has 6 nitrogen and oxygen atoms in total. The third-order valence-electron chi connectivity index (χ3n) is 4.48. The first-order valence-corrected chi connectivity index (χ1v) is 7.80. The van der Waals surface area contributed by atoms with Crippen molar-refractivity contribution < 1.29 is 9.53 Å². The standard InChI is InChI=1S/C18H16N4O2/c19-9-11-4-3-5-12(8-11)20-18(23)17-14-10-24-15-7-2-1-6-13(15)16(14)21-22-17/h1-8,14,16-17,21-22H,10H2,(H,20,23). The largest absolute Gasteiger partial charge is 0.493 e. The van der Waals surface area contributed by atoms with Crippen LogP contribution in [0.15, 0.2) is 48.5 Å². The number of nitrogens with zero attached hydrogens (tertiary/aromatic N) is 1. The molecule has 6 heteroatoms. The number of benzene rings is 2. The van der Waals surface area contributed by atoms with Crippen LogP contribution >= 0.6 is 0 Å². The lowest BCUT2D eigenvalue weighted by Crippen LogP contribution is -2.43. The maximum atomic E-state index is 12.6. The van der Waals surface area contributed by atoms with E-state index in [0.717, 1.165) is 11.3 Å². The fourth-order valence-electron chi connectivity index (χ4n) is 3.29. The number of para-hydroxylation sites is 1. The van der Waals surface area contributed by atoms with Crippen LogP contribution in [-0.4, -0.2) is 18.6 Å². The normalized spacial score (nSPS) is 24.2. The first-order chi connectivity index (χ1) is 11.8. The van der Waals surface area contributed by atoms with Gasteiger partial charge in [0, 0.05) is 17.2 Å². The van der Waals surface area contributed by atoms with Gasteiger partial charge >= 0.3 is 0 Å². The van der Waals surface area contributed by atoms with Crippen molar-refractivity contribution in [2.45, 2.75) is 12.1 Å². The lowest BCUT2D eigenvalue weighted by Gasteiger charge is -2.29. The second kappa shape index (κ2) is 5.96. The van der Waals surface area contributed by atoms with Gasteiger partial charge in [-0.2, -0.15) is 5.26 Å². The molecule has 2 aromatic carbocycles. The number of hydrogen-bond acceptors (Lipinski definition) is 5. The predicted octanol–water partition coefficient (Wildman–Crippen LogP) is 1.72. The number of anilines is 1. The Labute approximate surface area is 139 Å². The fourth-order valence-corrected chi connectivity index (χ4v) is 3.29. The Bertz CT molecular complexity index is 830. The molecule has 2 aliphatic rings. The smallest absolute Gasteiger partial charge is 0.243 e. The lowest BCUT2D eigenvalue weighted by molar-refractivity contribution is -0.119. The Morgan fingerprint density at radius 2 is 2.08 bits per heavy atom. The molecule has 2 aromatic rings. The first kappa shape index (κ1) is 14.7. The van der Waals surface area contributed by atoms with E-state index in [1.54, 1.807) is 24.3 Å². The number of nitrogens with one attached hydrogen (secondary N) is 3. The van der Waals surface area contributed by atoms with E-state index in [4.69, 9.17) is 10.00 Å². The summed E-state index contributed by atoms with van der Waals surface area (Å²) in [7, 11) is 0. The van der Waals surface area contributed by atoms with Crippen molar-refractivity contribution in [1.82, 2.24) is 10.9 Å². The van der Waals surface area contributed by atoms with Gasteiger partial charge in [0.15, 0.2) is 0 Å². The van der Waals surface area contributed by atoms with E-state index in [1.165, 1.54) is 0 Å². The van der Waals surface area contributed by atoms with Crippen molar-refractivity contribution in [3.8, 4) is 11.8 Å². The number of carbonyl (C=O) groups is 1. The Kier molecular flexibility index (Phi) is 3.65. The summed E-state index contributed by atoms with van der Waals surface area (Å²) in [6, 6.07) is 16.4. The maximum absolute atomic E-state index is 12.6. The van der Waals surface area contributed by atoms with Gasteiger partial charge in [0.1, 0.15) is 11.8 Å². The molecular formula is C18H16N4O2. The quantitative estimate of drug-likeness (QED) is 0.784. The third kappa shape index (κ3) is 2.50. The fraction of sp³-hybridized carbons (Fsp3) is 0.222. The van der Waals surface area contributed by atoms with Crippen LogP contribution in [0.3, 0.4) is 0 Å². The molecule has 1 fully saturated rings. The van der Waals surface area contributed by atoms with Gasteiger partial charge in [-0.15, -0.1) is 0 Å². The summed E-state index contributed by atoms with van der Waals surface area (Å²) >= 11 is 0. The molecule has 0 radical (unpaired) electrons. The molecule has 0 aromatic heterocycles. The minimum Gasteiger partial charge on any atom is -0.493 e. The van der Waals surface area contributed by atoms with Crippen molar-refractivity contribution in [3.05, 3.63) is 59.7 Å². The summed E-state index contributed by atoms with van der Waals surface area (Å²) in [5, 5.41) is 11.8. The molecule has 24 heavy (non-hydrogen) atoms. The van der Waals surface area contributed by atoms with Crippen molar-refractivity contribution in [2.24, 2.45) is 5.92 Å². The highest BCUT2D eigenvalue weighted by atomic mass is 16.5. The topological polar surface area (TPSA) is 86.2 Å². The van der Waals surface area contributed by atoms with E-state index in [0.29, 0.717) is 17.9 Å². The van der Waals surface area contributed by atoms with Crippen molar-refractivity contribution in [3.63, 3.8) is 0 Å². The second-order valence-electron chi connectivity index (χ2n) is 5.94. The average Bonchev–Trinajstić information content (AvgIpc) is 3.06. The monoisotopic (exact) mass is 320 g/mol. The van der Waals surface area contributed by atoms with Crippen molar-refractivity contribution in [1.29, 1.82) is 5.26 Å². The van der Waals surface area contributed by atoms with Gasteiger partial charge < -0.3 is 10.1 Å². The predicted molar refractivity (Wildman–Crippen MR) is 88.0 cm³/mol. The van der Waals surface area contributed by atoms with Crippen LogP contribution in [0.4, 0.5) is 5.69 Å². The van der Waals surface area contributed by atoms with Crippen LogP contribution in [0.25, 0.3) is 0 Å². The molecule has 0 aliphatic carbocycles. The first-order valence-electron chi connectivity index (χ1n) is 7.80. The van der Waals surface area contributed by atoms with Crippen LogP contribution in [-0.2, 0) is 4.79 Å². The number of nitriles is 1. The summed E-state index contributed by atoms with van der Waals surface area (Å²) in [6.07, 6.45) is 0. The SMILES string of the molecule is N#Cc1cccc(NC(=O)C2NNC3c4ccccc4OCC23)c1. The summed E-state index contributed by atoms with van der Waals surface area (Å²) in [6.45, 7) is 0.470. The molecule has 0 spiro atoms. The van der Waals surface area contributed by atoms with E-state index in [-0.39, 0.29) is 17.9 Å². The molecule has 1 amide bonds. The van der Waals surface area contributed by atoms with E-state index in [9.17, 15) is 4.79 Å². The minimum absolute atomic E-state index is 0.000880. The highest BCUT2D eigenvalue weighted by molar-refractivity contribution is 5.95. The highest BCUT2D eigenvalue weighted by Crippen LogP contribution is 2.39. The Balaban J connectivity index is 1.52. The van der Waals surface area contributed by atoms with Crippen LogP contribution in [0.1, 0.15) is 17.2 Å². The summed E-state index contributed by atoms with van der Waals surface area (Å²) in [5.74, 6) is 0.711. The molecule has 3 atom stereocenters. The lowest BCUT2D eigenvalue weighted by atomic mass is 9.87. The molecule has 0 saturated carbocycles. The molecule has 1 saturated heterocycles. The number of amides is 1. The molecule has 2 heterocycles. The maximum Gasteiger partial charge on any atom is 0.243 e. The van der Waals surface area contributed by atoms with Crippen LogP contribution in [0.5, 0.6) is 5.75 Å². The zero-order valence-electron chi connectivity index (χ0n) is 12.8. The van der Waals surface area contributed by atoms with Crippen molar-refractivity contribution in [2.75, 3.05) is 11.9 Å². The van der Waals surface area contributed by atoms with Gasteiger partial charge in [0.25, 0.3) is 0 Å². The van der Waals surface area contributed by atoms with Crippen LogP contribution in [0.2, 0.25) is 0 Å². The van der Waals surface area contributed by atoms with Crippen LogP contribution < -0.4 is 20.9 Å². The minimum atomic E-state index is -0.408. The second-order valence-corrected chi connectivity index (χ2v) is 5.94. The highest BCUT2D eigenvalue weighted by Gasteiger charge is 2.44. The van der Waals surface area contributed by atoms with Crippen molar-refractivity contribution >= 4 is 11.6 Å². The molecule has 3 N–H and O–H groups in total. The van der Waals surface area contributed by atoms with Gasteiger partial charge in [-0.1, -0.05) is 24.3 Å². The summed E-state index contributed by atoms with van der Waals surface area (Å²) < 4.78 is 5.80. The number of ether oxygens (including phenoxy) is 1. The van der Waals surface area contributed by atoms with E-state index >= 15 is 0 Å². The zero-order chi connectivity index (χ0) is 16.5. The number of hydrazine groups is 1. The Hall–Kier alpha value is -2.88. The molecule has 2 aliphatic heterocycles. The molecule has 120 valence electrons. The Morgan fingerprint density at radius 1 is 1.21 bits per heavy atom. The number of hydrogen-bond donors (Lipinski definition) is 3. The molecular weight excluding hydrogens is 304 g/mol. The molecule has 0 bridgehead atoms. The van der Waals surface area contributed by atoms with Gasteiger partial charge in [-0.3, -0.25) is 4.79 Å². The number of rotatable bonds is 2. The number of fused-ring (bicyclic) bond motifs is 3. The van der Waals surface area contributed by atoms with Gasteiger partial charge in [0.2, 0.25) is 5.91 Å². The molecule has 4 rings (SSSR count). The zero-order valence-corrected chi connectivity index (χ0v) is 12.8. The number of carbonyl (C=O) groups excluding carboxylic acids is 1.